The van der Waals surface area contributed by atoms with Crippen LogP contribution in [0.15, 0.2) is 11.4 Å². The van der Waals surface area contributed by atoms with Crippen molar-refractivity contribution in [1.82, 2.24) is 4.90 Å². The lowest BCUT2D eigenvalue weighted by Crippen LogP contribution is -2.34. The van der Waals surface area contributed by atoms with Crippen LogP contribution in [0.2, 0.25) is 0 Å². The second-order valence-corrected chi connectivity index (χ2v) is 7.77. The molecule has 2 heterocycles. The molecule has 1 saturated heterocycles. The van der Waals surface area contributed by atoms with Crippen LogP contribution in [0.1, 0.15) is 35.6 Å². The van der Waals surface area contributed by atoms with Crippen molar-refractivity contribution in [3.05, 3.63) is 21.9 Å². The number of thiophene rings is 1. The van der Waals surface area contributed by atoms with Crippen LogP contribution in [0.4, 0.5) is 0 Å². The monoisotopic (exact) mass is 326 g/mol. The molecule has 0 aromatic carbocycles. The van der Waals surface area contributed by atoms with E-state index in [4.69, 9.17) is 5.73 Å². The number of carbonyl (C=O) groups is 1. The molecule has 4 rings (SSSR count). The lowest BCUT2D eigenvalue weighted by atomic mass is 9.98. The predicted octanol–water partition coefficient (Wildman–Crippen LogP) is 2.78. The molecule has 0 bridgehead atoms. The summed E-state index contributed by atoms with van der Waals surface area (Å²) in [4.78, 5) is 16.2. The van der Waals surface area contributed by atoms with Crippen LogP contribution >= 0.6 is 23.7 Å². The Morgan fingerprint density at radius 3 is 2.86 bits per heavy atom. The van der Waals surface area contributed by atoms with Crippen LogP contribution < -0.4 is 5.73 Å². The number of nitrogens with zero attached hydrogens (tertiary/aromatic N) is 1. The van der Waals surface area contributed by atoms with Crippen molar-refractivity contribution >= 4 is 29.7 Å². The highest BCUT2D eigenvalue weighted by Gasteiger charge is 2.50. The van der Waals surface area contributed by atoms with Gasteiger partial charge >= 0.3 is 0 Å². The summed E-state index contributed by atoms with van der Waals surface area (Å²) < 4.78 is 0. The molecule has 3 nitrogen and oxygen atoms in total. The third-order valence-electron chi connectivity index (χ3n) is 5.57. The molecule has 5 atom stereocenters. The first kappa shape index (κ1) is 15.3. The third-order valence-corrected chi connectivity index (χ3v) is 6.72. The Morgan fingerprint density at radius 1 is 1.38 bits per heavy atom. The van der Waals surface area contributed by atoms with Gasteiger partial charge in [0.15, 0.2) is 0 Å². The van der Waals surface area contributed by atoms with Crippen LogP contribution in [0.3, 0.4) is 0 Å². The van der Waals surface area contributed by atoms with Gasteiger partial charge in [0.1, 0.15) is 0 Å². The zero-order valence-corrected chi connectivity index (χ0v) is 14.0. The molecule has 1 amide bonds. The summed E-state index contributed by atoms with van der Waals surface area (Å²) in [5.41, 5.74) is 7.52. The van der Waals surface area contributed by atoms with Gasteiger partial charge in [0.05, 0.1) is 0 Å². The van der Waals surface area contributed by atoms with E-state index in [0.717, 1.165) is 25.9 Å². The van der Waals surface area contributed by atoms with E-state index in [1.54, 1.807) is 0 Å². The van der Waals surface area contributed by atoms with E-state index in [9.17, 15) is 4.79 Å². The van der Waals surface area contributed by atoms with Crippen molar-refractivity contribution in [2.75, 3.05) is 13.1 Å². The number of likely N-dealkylation sites (tertiary alicyclic amines) is 1. The molecule has 1 aromatic rings. The van der Waals surface area contributed by atoms with Gasteiger partial charge in [0.25, 0.3) is 0 Å². The number of rotatable bonds is 2. The fourth-order valence-electron chi connectivity index (χ4n) is 4.24. The van der Waals surface area contributed by atoms with E-state index in [-0.39, 0.29) is 18.3 Å². The largest absolute Gasteiger partial charge is 0.342 e. The van der Waals surface area contributed by atoms with E-state index in [1.807, 2.05) is 11.3 Å². The fourth-order valence-corrected chi connectivity index (χ4v) is 5.35. The maximum absolute atomic E-state index is 12.7. The molecule has 5 unspecified atom stereocenters. The molecule has 5 heteroatoms. The predicted molar refractivity (Wildman–Crippen MR) is 87.9 cm³/mol. The zero-order valence-electron chi connectivity index (χ0n) is 12.3. The number of fused-ring (bicyclic) bond motifs is 1. The third kappa shape index (κ3) is 2.51. The Morgan fingerprint density at radius 2 is 2.19 bits per heavy atom. The SMILES string of the molecule is Cc1ccsc1C1CC1C(=O)N1CC2CCC(N)C2C1.Cl. The molecule has 2 aliphatic carbocycles. The first-order chi connectivity index (χ1) is 9.65. The van der Waals surface area contributed by atoms with Crippen molar-refractivity contribution < 1.29 is 4.79 Å². The standard InChI is InChI=1S/C16H22N2OS.ClH/c1-9-4-5-20-15(9)11-6-12(11)16(19)18-7-10-2-3-14(17)13(10)8-18;/h4-5,10-14H,2-3,6-8,17H2,1H3;1H. The van der Waals surface area contributed by atoms with Gasteiger partial charge in [0.2, 0.25) is 5.91 Å². The highest BCUT2D eigenvalue weighted by atomic mass is 35.5. The Labute approximate surface area is 136 Å². The molecule has 1 aliphatic heterocycles. The minimum Gasteiger partial charge on any atom is -0.342 e. The summed E-state index contributed by atoms with van der Waals surface area (Å²) in [6, 6.07) is 2.49. The lowest BCUT2D eigenvalue weighted by Gasteiger charge is -2.19. The molecule has 2 saturated carbocycles. The normalized spacial score (nSPS) is 37.2. The molecule has 1 aromatic heterocycles. The highest BCUT2D eigenvalue weighted by molar-refractivity contribution is 7.10. The average Bonchev–Trinajstić information content (AvgIpc) is 2.76. The molecular weight excluding hydrogens is 304 g/mol. The number of amides is 1. The van der Waals surface area contributed by atoms with Crippen molar-refractivity contribution in [1.29, 1.82) is 0 Å². The summed E-state index contributed by atoms with van der Waals surface area (Å²) in [5.74, 6) is 2.39. The van der Waals surface area contributed by atoms with Crippen LogP contribution in [0.5, 0.6) is 0 Å². The van der Waals surface area contributed by atoms with Crippen LogP contribution in [0, 0.1) is 24.7 Å². The molecule has 3 fully saturated rings. The summed E-state index contributed by atoms with van der Waals surface area (Å²) in [5, 5.41) is 2.14. The minimum absolute atomic E-state index is 0. The molecule has 0 spiro atoms. The van der Waals surface area contributed by atoms with Crippen molar-refractivity contribution in [2.45, 2.75) is 38.1 Å². The molecule has 21 heavy (non-hydrogen) atoms. The van der Waals surface area contributed by atoms with Gasteiger partial charge in [-0.1, -0.05) is 0 Å². The maximum atomic E-state index is 12.7. The summed E-state index contributed by atoms with van der Waals surface area (Å²) in [6.45, 7) is 4.03. The molecule has 0 radical (unpaired) electrons. The number of carbonyl (C=O) groups excluding carboxylic acids is 1. The second-order valence-electron chi connectivity index (χ2n) is 6.82. The minimum atomic E-state index is 0. The van der Waals surface area contributed by atoms with Gasteiger partial charge in [0, 0.05) is 35.8 Å². The fraction of sp³-hybridized carbons (Fsp3) is 0.688. The second kappa shape index (κ2) is 5.56. The van der Waals surface area contributed by atoms with Crippen molar-refractivity contribution in [2.24, 2.45) is 23.5 Å². The summed E-state index contributed by atoms with van der Waals surface area (Å²) in [7, 11) is 0. The number of nitrogens with two attached hydrogens (primary N) is 1. The number of halogens is 1. The molecule has 2 N–H and O–H groups in total. The smallest absolute Gasteiger partial charge is 0.226 e. The summed E-state index contributed by atoms with van der Waals surface area (Å²) in [6.07, 6.45) is 3.42. The number of aryl methyl sites for hydroxylation is 1. The molecule has 3 aliphatic rings. The van der Waals surface area contributed by atoms with E-state index < -0.39 is 0 Å². The lowest BCUT2D eigenvalue weighted by molar-refractivity contribution is -0.131. The van der Waals surface area contributed by atoms with Crippen LogP contribution in [0.25, 0.3) is 0 Å². The first-order valence-electron chi connectivity index (χ1n) is 7.73. The van der Waals surface area contributed by atoms with Gasteiger partial charge in [-0.3, -0.25) is 4.79 Å². The quantitative estimate of drug-likeness (QED) is 0.908. The zero-order chi connectivity index (χ0) is 13.9. The van der Waals surface area contributed by atoms with Crippen molar-refractivity contribution in [3.8, 4) is 0 Å². The topological polar surface area (TPSA) is 46.3 Å². The highest BCUT2D eigenvalue weighted by Crippen LogP contribution is 2.52. The Kier molecular flexibility index (Phi) is 4.06. The van der Waals surface area contributed by atoms with E-state index in [0.29, 0.717) is 29.7 Å². The first-order valence-corrected chi connectivity index (χ1v) is 8.61. The van der Waals surface area contributed by atoms with Gasteiger partial charge in [-0.25, -0.2) is 0 Å². The number of hydrogen-bond donors (Lipinski definition) is 1. The maximum Gasteiger partial charge on any atom is 0.226 e. The van der Waals surface area contributed by atoms with Gasteiger partial charge < -0.3 is 10.6 Å². The van der Waals surface area contributed by atoms with E-state index in [1.165, 1.54) is 16.9 Å². The van der Waals surface area contributed by atoms with Gasteiger partial charge in [-0.15, -0.1) is 23.7 Å². The average molecular weight is 327 g/mol. The molecular formula is C16H23ClN2OS. The Bertz CT molecular complexity index is 546. The van der Waals surface area contributed by atoms with Crippen LogP contribution in [-0.2, 0) is 4.79 Å². The number of hydrogen-bond acceptors (Lipinski definition) is 3. The van der Waals surface area contributed by atoms with E-state index in [2.05, 4.69) is 23.3 Å². The van der Waals surface area contributed by atoms with Gasteiger partial charge in [-0.05, 0) is 55.0 Å². The van der Waals surface area contributed by atoms with Gasteiger partial charge in [-0.2, -0.15) is 0 Å². The van der Waals surface area contributed by atoms with Crippen LogP contribution in [-0.4, -0.2) is 29.9 Å². The Balaban J connectivity index is 0.00000132. The Hall–Kier alpha value is -0.580. The summed E-state index contributed by atoms with van der Waals surface area (Å²) >= 11 is 1.81. The van der Waals surface area contributed by atoms with E-state index >= 15 is 0 Å². The van der Waals surface area contributed by atoms with Crippen molar-refractivity contribution in [3.63, 3.8) is 0 Å². The molecule has 116 valence electrons.